The highest BCUT2D eigenvalue weighted by Gasteiger charge is 2.28. The number of hydrogen-bond acceptors (Lipinski definition) is 9. The van der Waals surface area contributed by atoms with E-state index >= 15 is 4.39 Å². The Kier molecular flexibility index (Phi) is 7.65. The van der Waals surface area contributed by atoms with E-state index in [1.165, 1.54) is 6.07 Å². The third-order valence-electron chi connectivity index (χ3n) is 7.06. The molecule has 9 nitrogen and oxygen atoms in total. The molecule has 3 heterocycles. The first-order chi connectivity index (χ1) is 18.7. The van der Waals surface area contributed by atoms with E-state index in [2.05, 4.69) is 15.0 Å². The first-order valence-electron chi connectivity index (χ1n) is 13.4. The lowest BCUT2D eigenvalue weighted by atomic mass is 10.0. The molecule has 1 aliphatic heterocycles. The maximum absolute atomic E-state index is 15.2. The summed E-state index contributed by atoms with van der Waals surface area (Å²) in [6, 6.07) is 4.85. The number of aryl methyl sites for hydroxylation is 2. The summed E-state index contributed by atoms with van der Waals surface area (Å²) >= 11 is 0. The number of aliphatic hydroxyl groups is 1. The van der Waals surface area contributed by atoms with Crippen molar-refractivity contribution in [1.29, 1.82) is 0 Å². The van der Waals surface area contributed by atoms with Crippen LogP contribution in [0.15, 0.2) is 39.0 Å². The minimum Gasteiger partial charge on any atom is -0.491 e. The van der Waals surface area contributed by atoms with Gasteiger partial charge < -0.3 is 25.0 Å². The van der Waals surface area contributed by atoms with Gasteiger partial charge in [-0.1, -0.05) is 18.5 Å². The van der Waals surface area contributed by atoms with Crippen LogP contribution in [0, 0.1) is 26.6 Å². The zero-order chi connectivity index (χ0) is 27.7. The number of ether oxygens (including phenoxy) is 1. The first kappa shape index (κ1) is 26.8. The second-order valence-electron chi connectivity index (χ2n) is 10.4. The molecule has 2 aromatic heterocycles. The molecule has 5 rings (SSSR count). The molecule has 3 aromatic rings. The van der Waals surface area contributed by atoms with Crippen molar-refractivity contribution in [2.75, 3.05) is 24.6 Å². The molecule has 1 saturated carbocycles. The fourth-order valence-corrected chi connectivity index (χ4v) is 4.73. The van der Waals surface area contributed by atoms with Gasteiger partial charge >= 0.3 is 0 Å². The lowest BCUT2D eigenvalue weighted by Crippen LogP contribution is -2.25. The molecule has 1 aliphatic carbocycles. The number of benzene rings is 1. The van der Waals surface area contributed by atoms with Gasteiger partial charge in [-0.15, -0.1) is 0 Å². The Balaban J connectivity index is 1.55. The van der Waals surface area contributed by atoms with Gasteiger partial charge in [-0.2, -0.15) is 0 Å². The number of hydrogen-bond donors (Lipinski definition) is 2. The van der Waals surface area contributed by atoms with E-state index in [0.29, 0.717) is 54.3 Å². The minimum atomic E-state index is -0.595. The SMILES string of the molecule is CCC[C@@H](O)COc1ccc(F)c(-c2nc(-c3c(C)noc3C)c(C)c(N3CC(N)=C(C=NC4CC4)C3)n2)c1. The second-order valence-corrected chi connectivity index (χ2v) is 10.4. The van der Waals surface area contributed by atoms with Gasteiger partial charge in [0, 0.05) is 29.6 Å². The minimum absolute atomic E-state index is 0.118. The first-order valence-corrected chi connectivity index (χ1v) is 13.4. The van der Waals surface area contributed by atoms with Crippen molar-refractivity contribution in [2.24, 2.45) is 10.7 Å². The number of halogens is 1. The molecule has 0 saturated heterocycles. The van der Waals surface area contributed by atoms with Gasteiger partial charge in [-0.05, 0) is 58.2 Å². The topological polar surface area (TPSA) is 123 Å². The van der Waals surface area contributed by atoms with Crippen molar-refractivity contribution < 1.29 is 18.8 Å². The Hall–Kier alpha value is -3.79. The highest BCUT2D eigenvalue weighted by Crippen LogP contribution is 2.37. The van der Waals surface area contributed by atoms with Crippen molar-refractivity contribution in [1.82, 2.24) is 15.1 Å². The normalized spacial score (nSPS) is 16.5. The summed E-state index contributed by atoms with van der Waals surface area (Å²) in [5, 5.41) is 14.2. The summed E-state index contributed by atoms with van der Waals surface area (Å²) in [6.07, 6.45) is 4.99. The van der Waals surface area contributed by atoms with Gasteiger partial charge in [0.1, 0.15) is 29.8 Å². The van der Waals surface area contributed by atoms with Gasteiger partial charge in [0.15, 0.2) is 5.82 Å². The van der Waals surface area contributed by atoms with Crippen LogP contribution < -0.4 is 15.4 Å². The predicted molar refractivity (Wildman–Crippen MR) is 148 cm³/mol. The molecule has 39 heavy (non-hydrogen) atoms. The van der Waals surface area contributed by atoms with E-state index in [4.69, 9.17) is 25.0 Å². The summed E-state index contributed by atoms with van der Waals surface area (Å²) in [7, 11) is 0. The third-order valence-corrected chi connectivity index (χ3v) is 7.06. The van der Waals surface area contributed by atoms with Crippen molar-refractivity contribution >= 4 is 12.0 Å². The van der Waals surface area contributed by atoms with E-state index in [1.54, 1.807) is 12.1 Å². The summed E-state index contributed by atoms with van der Waals surface area (Å²) in [6.45, 7) is 8.76. The Labute approximate surface area is 227 Å². The molecule has 1 fully saturated rings. The molecule has 1 atom stereocenters. The Morgan fingerprint density at radius 2 is 2.05 bits per heavy atom. The summed E-state index contributed by atoms with van der Waals surface area (Å²) in [5.74, 6) is 1.42. The molecule has 0 unspecified atom stereocenters. The number of nitrogens with zero attached hydrogens (tertiary/aromatic N) is 5. The van der Waals surface area contributed by atoms with E-state index in [0.717, 1.165) is 41.7 Å². The number of anilines is 1. The van der Waals surface area contributed by atoms with Crippen molar-refractivity contribution in [3.05, 3.63) is 52.3 Å². The van der Waals surface area contributed by atoms with Crippen LogP contribution in [0.4, 0.5) is 10.2 Å². The lowest BCUT2D eigenvalue weighted by molar-refractivity contribution is 0.0993. The van der Waals surface area contributed by atoms with Gasteiger partial charge in [0.2, 0.25) is 0 Å². The molecule has 0 amide bonds. The van der Waals surface area contributed by atoms with Crippen molar-refractivity contribution in [3.63, 3.8) is 0 Å². The van der Waals surface area contributed by atoms with E-state index in [9.17, 15) is 5.11 Å². The quantitative estimate of drug-likeness (QED) is 0.360. The maximum Gasteiger partial charge on any atom is 0.165 e. The smallest absolute Gasteiger partial charge is 0.165 e. The van der Waals surface area contributed by atoms with Crippen LogP contribution in [0.1, 0.15) is 49.6 Å². The average molecular weight is 535 g/mol. The van der Waals surface area contributed by atoms with E-state index < -0.39 is 11.9 Å². The van der Waals surface area contributed by atoms with Crippen LogP contribution in [-0.2, 0) is 0 Å². The highest BCUT2D eigenvalue weighted by molar-refractivity contribution is 5.84. The van der Waals surface area contributed by atoms with Gasteiger partial charge in [-0.25, -0.2) is 14.4 Å². The highest BCUT2D eigenvalue weighted by atomic mass is 19.1. The van der Waals surface area contributed by atoms with E-state index in [1.807, 2.05) is 33.9 Å². The van der Waals surface area contributed by atoms with Crippen LogP contribution in [-0.4, -0.2) is 58.3 Å². The summed E-state index contributed by atoms with van der Waals surface area (Å²) < 4.78 is 26.5. The fraction of sp³-hybridized carbons (Fsp3) is 0.448. The molecular formula is C29H35FN6O3. The summed E-state index contributed by atoms with van der Waals surface area (Å²) in [4.78, 5) is 16.3. The lowest BCUT2D eigenvalue weighted by Gasteiger charge is -2.22. The van der Waals surface area contributed by atoms with Gasteiger partial charge in [0.25, 0.3) is 0 Å². The number of nitrogens with two attached hydrogens (primary N) is 1. The Morgan fingerprint density at radius 3 is 2.74 bits per heavy atom. The molecule has 10 heteroatoms. The molecular weight excluding hydrogens is 499 g/mol. The molecule has 2 aliphatic rings. The Morgan fingerprint density at radius 1 is 1.26 bits per heavy atom. The molecule has 206 valence electrons. The number of aromatic nitrogens is 3. The second kappa shape index (κ2) is 11.1. The number of aliphatic hydroxyl groups excluding tert-OH is 1. The molecule has 3 N–H and O–H groups in total. The van der Waals surface area contributed by atoms with Crippen LogP contribution in [0.2, 0.25) is 0 Å². The van der Waals surface area contributed by atoms with E-state index in [-0.39, 0.29) is 18.0 Å². The zero-order valence-corrected chi connectivity index (χ0v) is 22.9. The van der Waals surface area contributed by atoms with Gasteiger partial charge in [-0.3, -0.25) is 4.99 Å². The zero-order valence-electron chi connectivity index (χ0n) is 22.9. The summed E-state index contributed by atoms with van der Waals surface area (Å²) in [5.41, 5.74) is 11.2. The largest absolute Gasteiger partial charge is 0.491 e. The maximum atomic E-state index is 15.2. The van der Waals surface area contributed by atoms with Crippen LogP contribution in [0.25, 0.3) is 22.6 Å². The molecule has 0 bridgehead atoms. The molecule has 0 radical (unpaired) electrons. The molecule has 0 spiro atoms. The predicted octanol–water partition coefficient (Wildman–Crippen LogP) is 4.67. The standard InChI is InChI=1S/C29H35FN6O3/c1-5-6-21(37)15-38-22-9-10-24(30)23(11-22)28-33-27(26-17(3)35-39-18(26)4)16(2)29(34-28)36-13-19(25(31)14-36)12-32-20-7-8-20/h9-12,20-21,37H,5-8,13-15,31H2,1-4H3/t21-/m1/s1. The number of aliphatic imine (C=N–C) groups is 1. The third kappa shape index (κ3) is 5.80. The average Bonchev–Trinajstić information content (AvgIpc) is 3.59. The van der Waals surface area contributed by atoms with Crippen LogP contribution in [0.5, 0.6) is 5.75 Å². The number of rotatable bonds is 10. The van der Waals surface area contributed by atoms with Crippen LogP contribution >= 0.6 is 0 Å². The monoisotopic (exact) mass is 534 g/mol. The Bertz CT molecular complexity index is 1410. The van der Waals surface area contributed by atoms with Crippen molar-refractivity contribution in [2.45, 2.75) is 65.5 Å². The fourth-order valence-electron chi connectivity index (χ4n) is 4.73. The van der Waals surface area contributed by atoms with Crippen molar-refractivity contribution in [3.8, 4) is 28.4 Å². The van der Waals surface area contributed by atoms with Gasteiger partial charge in [0.05, 0.1) is 41.2 Å². The van der Waals surface area contributed by atoms with Crippen LogP contribution in [0.3, 0.4) is 0 Å². The molecule has 1 aromatic carbocycles.